The molecule has 0 bridgehead atoms. The van der Waals surface area contributed by atoms with Crippen LogP contribution < -0.4 is 0 Å². The molecule has 5 heteroatoms. The predicted molar refractivity (Wildman–Crippen MR) is 49.7 cm³/mol. The van der Waals surface area contributed by atoms with Crippen LogP contribution in [-0.2, 0) is 6.18 Å². The molecule has 0 atom stereocenters. The van der Waals surface area contributed by atoms with Gasteiger partial charge in [0.25, 0.3) is 0 Å². The Bertz CT molecular complexity index is 511. The van der Waals surface area contributed by atoms with Crippen LogP contribution in [0.3, 0.4) is 0 Å². The fourth-order valence-corrected chi connectivity index (χ4v) is 1.57. The van der Waals surface area contributed by atoms with Crippen molar-refractivity contribution < 1.29 is 13.2 Å². The molecule has 0 N–H and O–H groups in total. The number of fused-ring (bicyclic) bond motifs is 1. The Morgan fingerprint density at radius 3 is 2.47 bits per heavy atom. The number of aryl methyl sites for hydroxylation is 2. The lowest BCUT2D eigenvalue weighted by Crippen LogP contribution is -2.08. The van der Waals surface area contributed by atoms with Gasteiger partial charge in [0.1, 0.15) is 5.65 Å². The van der Waals surface area contributed by atoms with E-state index in [0.29, 0.717) is 11.3 Å². The van der Waals surface area contributed by atoms with Crippen LogP contribution in [0.25, 0.3) is 5.65 Å². The maximum atomic E-state index is 12.7. The third-order valence-corrected chi connectivity index (χ3v) is 2.11. The summed E-state index contributed by atoms with van der Waals surface area (Å²) in [6.07, 6.45) is -1.15. The topological polar surface area (TPSA) is 17.3 Å². The van der Waals surface area contributed by atoms with E-state index in [-0.39, 0.29) is 5.65 Å². The quantitative estimate of drug-likeness (QED) is 0.659. The molecule has 0 radical (unpaired) electrons. The van der Waals surface area contributed by atoms with Crippen LogP contribution in [0.2, 0.25) is 0 Å². The van der Waals surface area contributed by atoms with Crippen molar-refractivity contribution in [1.29, 1.82) is 0 Å². The molecule has 2 aromatic heterocycles. The lowest BCUT2D eigenvalue weighted by Gasteiger charge is -2.08. The van der Waals surface area contributed by atoms with Crippen molar-refractivity contribution in [3.05, 3.63) is 35.3 Å². The Labute approximate surface area is 84.4 Å². The van der Waals surface area contributed by atoms with Crippen molar-refractivity contribution >= 4 is 5.65 Å². The van der Waals surface area contributed by atoms with E-state index in [0.717, 1.165) is 6.07 Å². The molecule has 2 rings (SSSR count). The summed E-state index contributed by atoms with van der Waals surface area (Å²) in [4.78, 5) is 3.86. The van der Waals surface area contributed by atoms with Crippen LogP contribution in [0.5, 0.6) is 0 Å². The summed E-state index contributed by atoms with van der Waals surface area (Å²) in [6, 6.07) is 1.11. The third kappa shape index (κ3) is 1.69. The number of aromatic nitrogens is 2. The second-order valence-electron chi connectivity index (χ2n) is 3.54. The molecule has 0 spiro atoms. The van der Waals surface area contributed by atoms with Crippen molar-refractivity contribution in [3.8, 4) is 0 Å². The van der Waals surface area contributed by atoms with E-state index < -0.39 is 11.7 Å². The maximum absolute atomic E-state index is 12.7. The van der Waals surface area contributed by atoms with Crippen LogP contribution in [-0.4, -0.2) is 9.38 Å². The van der Waals surface area contributed by atoms with Crippen molar-refractivity contribution in [3.63, 3.8) is 0 Å². The standard InChI is InChI=1S/C10H9F3N2/c1-6-3-8(10(11,12)13)9-14-7(2)5-15(9)4-6/h3-5H,1-2H3. The molecule has 0 saturated heterocycles. The van der Waals surface area contributed by atoms with Gasteiger partial charge in [0.15, 0.2) is 0 Å². The van der Waals surface area contributed by atoms with Crippen molar-refractivity contribution in [2.45, 2.75) is 20.0 Å². The van der Waals surface area contributed by atoms with Crippen LogP contribution >= 0.6 is 0 Å². The fourth-order valence-electron chi connectivity index (χ4n) is 1.57. The zero-order valence-corrected chi connectivity index (χ0v) is 8.26. The SMILES string of the molecule is Cc1cc(C(F)(F)F)c2nc(C)cn2c1. The number of halogens is 3. The van der Waals surface area contributed by atoms with Gasteiger partial charge in [0, 0.05) is 12.4 Å². The van der Waals surface area contributed by atoms with E-state index in [1.165, 1.54) is 4.40 Å². The lowest BCUT2D eigenvalue weighted by atomic mass is 10.2. The monoisotopic (exact) mass is 214 g/mol. The first-order valence-electron chi connectivity index (χ1n) is 4.41. The minimum atomic E-state index is -4.36. The summed E-state index contributed by atoms with van der Waals surface area (Å²) in [5.74, 6) is 0. The van der Waals surface area contributed by atoms with Gasteiger partial charge in [-0.25, -0.2) is 4.98 Å². The highest BCUT2D eigenvalue weighted by Gasteiger charge is 2.34. The number of rotatable bonds is 0. The van der Waals surface area contributed by atoms with Crippen molar-refractivity contribution in [1.82, 2.24) is 9.38 Å². The number of nitrogens with zero attached hydrogens (tertiary/aromatic N) is 2. The molecule has 0 aliphatic rings. The summed E-state index contributed by atoms with van der Waals surface area (Å²) in [6.45, 7) is 3.30. The van der Waals surface area contributed by atoms with Crippen molar-refractivity contribution in [2.75, 3.05) is 0 Å². The van der Waals surface area contributed by atoms with E-state index in [9.17, 15) is 13.2 Å². The van der Waals surface area contributed by atoms with Gasteiger partial charge in [-0.2, -0.15) is 13.2 Å². The van der Waals surface area contributed by atoms with Gasteiger partial charge < -0.3 is 4.40 Å². The molecule has 0 unspecified atom stereocenters. The molecule has 0 saturated carbocycles. The highest BCUT2D eigenvalue weighted by Crippen LogP contribution is 2.32. The minimum Gasteiger partial charge on any atom is -0.306 e. The second kappa shape index (κ2) is 2.98. The number of imidazole rings is 1. The second-order valence-corrected chi connectivity index (χ2v) is 3.54. The summed E-state index contributed by atoms with van der Waals surface area (Å²) >= 11 is 0. The predicted octanol–water partition coefficient (Wildman–Crippen LogP) is 2.97. The Hall–Kier alpha value is -1.52. The molecule has 15 heavy (non-hydrogen) atoms. The largest absolute Gasteiger partial charge is 0.419 e. The molecule has 0 aliphatic carbocycles. The highest BCUT2D eigenvalue weighted by atomic mass is 19.4. The molecule has 2 heterocycles. The van der Waals surface area contributed by atoms with E-state index in [1.54, 1.807) is 26.2 Å². The van der Waals surface area contributed by atoms with Gasteiger partial charge in [-0.1, -0.05) is 0 Å². The Kier molecular flexibility index (Phi) is 1.99. The van der Waals surface area contributed by atoms with Gasteiger partial charge >= 0.3 is 6.18 Å². The highest BCUT2D eigenvalue weighted by molar-refractivity contribution is 5.51. The average Bonchev–Trinajstić information content (AvgIpc) is 2.41. The Morgan fingerprint density at radius 1 is 1.20 bits per heavy atom. The molecule has 0 fully saturated rings. The summed E-state index contributed by atoms with van der Waals surface area (Å²) in [5, 5.41) is 0. The number of hydrogen-bond acceptors (Lipinski definition) is 1. The zero-order valence-electron chi connectivity index (χ0n) is 8.26. The first-order chi connectivity index (χ1) is 6.88. The van der Waals surface area contributed by atoms with Crippen LogP contribution in [0.1, 0.15) is 16.8 Å². The van der Waals surface area contributed by atoms with Gasteiger partial charge in [0.05, 0.1) is 11.3 Å². The molecule has 0 amide bonds. The smallest absolute Gasteiger partial charge is 0.306 e. The first-order valence-corrected chi connectivity index (χ1v) is 4.41. The Balaban J connectivity index is 2.82. The summed E-state index contributed by atoms with van der Waals surface area (Å²) in [7, 11) is 0. The molecule has 2 nitrogen and oxygen atoms in total. The number of pyridine rings is 1. The number of hydrogen-bond donors (Lipinski definition) is 0. The van der Waals surface area contributed by atoms with Crippen LogP contribution in [0, 0.1) is 13.8 Å². The van der Waals surface area contributed by atoms with E-state index in [4.69, 9.17) is 0 Å². The van der Waals surface area contributed by atoms with E-state index in [2.05, 4.69) is 4.98 Å². The molecular weight excluding hydrogens is 205 g/mol. The summed E-state index contributed by atoms with van der Waals surface area (Å²) in [5.41, 5.74) is 0.416. The van der Waals surface area contributed by atoms with Gasteiger partial charge in [-0.15, -0.1) is 0 Å². The Morgan fingerprint density at radius 2 is 1.87 bits per heavy atom. The molecule has 80 valence electrons. The first kappa shape index (κ1) is 10.0. The van der Waals surface area contributed by atoms with Gasteiger partial charge in [-0.05, 0) is 25.5 Å². The molecule has 0 aliphatic heterocycles. The number of alkyl halides is 3. The van der Waals surface area contributed by atoms with E-state index >= 15 is 0 Å². The fraction of sp³-hybridized carbons (Fsp3) is 0.300. The minimum absolute atomic E-state index is 0.0365. The lowest BCUT2D eigenvalue weighted by molar-refractivity contribution is -0.136. The van der Waals surface area contributed by atoms with Crippen molar-refractivity contribution in [2.24, 2.45) is 0 Å². The normalized spacial score (nSPS) is 12.3. The van der Waals surface area contributed by atoms with Crippen LogP contribution in [0.15, 0.2) is 18.5 Å². The molecule has 0 aromatic carbocycles. The molecular formula is C10H9F3N2. The van der Waals surface area contributed by atoms with E-state index in [1.807, 2.05) is 0 Å². The molecule has 2 aromatic rings. The van der Waals surface area contributed by atoms with Crippen LogP contribution in [0.4, 0.5) is 13.2 Å². The zero-order chi connectivity index (χ0) is 11.2. The van der Waals surface area contributed by atoms with Gasteiger partial charge in [-0.3, -0.25) is 0 Å². The maximum Gasteiger partial charge on any atom is 0.419 e. The van der Waals surface area contributed by atoms with Gasteiger partial charge in [0.2, 0.25) is 0 Å². The third-order valence-electron chi connectivity index (χ3n) is 2.11. The summed E-state index contributed by atoms with van der Waals surface area (Å²) < 4.78 is 39.4. The average molecular weight is 214 g/mol.